The molecule has 1 amide bonds. The molecule has 3 rings (SSSR count). The van der Waals surface area contributed by atoms with Gasteiger partial charge in [-0.25, -0.2) is 0 Å². The summed E-state index contributed by atoms with van der Waals surface area (Å²) in [6.45, 7) is 1.36. The lowest BCUT2D eigenvalue weighted by Gasteiger charge is -2.11. The molecule has 1 aliphatic heterocycles. The number of rotatable bonds is 6. The molecule has 24 heavy (non-hydrogen) atoms. The predicted molar refractivity (Wildman–Crippen MR) is 89.6 cm³/mol. The molecule has 0 radical (unpaired) electrons. The molecule has 0 bridgehead atoms. The van der Waals surface area contributed by atoms with E-state index in [1.54, 1.807) is 0 Å². The Balaban J connectivity index is 1.55. The Labute approximate surface area is 140 Å². The molecule has 0 spiro atoms. The zero-order chi connectivity index (χ0) is 16.9. The fourth-order valence-corrected chi connectivity index (χ4v) is 2.55. The van der Waals surface area contributed by atoms with Crippen LogP contribution in [-0.4, -0.2) is 59.5 Å². The first kappa shape index (κ1) is 16.4. The quantitative estimate of drug-likeness (QED) is 0.839. The van der Waals surface area contributed by atoms with E-state index in [0.717, 1.165) is 30.7 Å². The lowest BCUT2D eigenvalue weighted by molar-refractivity contribution is -0.122. The molecule has 2 aromatic rings. The standard InChI is InChI=1S/C16H22N6O2/c1-21(2)13-7-5-12(6-8-13)16-18-20-22(19-16)11-15(23)17-10-14-4-3-9-24-14/h5-8,14H,3-4,9-11H2,1-2H3,(H,17,23)/t14-/m0/s1. The number of ether oxygens (including phenoxy) is 1. The first-order valence-corrected chi connectivity index (χ1v) is 8.05. The summed E-state index contributed by atoms with van der Waals surface area (Å²) in [4.78, 5) is 15.3. The third-order valence-electron chi connectivity index (χ3n) is 3.93. The molecule has 1 aromatic carbocycles. The zero-order valence-electron chi connectivity index (χ0n) is 14.0. The molecule has 128 valence electrons. The molecule has 1 N–H and O–H groups in total. The molecular weight excluding hydrogens is 308 g/mol. The maximum atomic E-state index is 11.9. The lowest BCUT2D eigenvalue weighted by Crippen LogP contribution is -2.34. The molecule has 1 fully saturated rings. The number of nitrogens with zero attached hydrogens (tertiary/aromatic N) is 5. The van der Waals surface area contributed by atoms with Gasteiger partial charge >= 0.3 is 0 Å². The van der Waals surface area contributed by atoms with Crippen LogP contribution in [0.15, 0.2) is 24.3 Å². The summed E-state index contributed by atoms with van der Waals surface area (Å²) in [6, 6.07) is 7.86. The molecule has 1 saturated heterocycles. The van der Waals surface area contributed by atoms with Crippen LogP contribution in [0.1, 0.15) is 12.8 Å². The molecule has 2 heterocycles. The van der Waals surface area contributed by atoms with Crippen molar-refractivity contribution in [3.63, 3.8) is 0 Å². The van der Waals surface area contributed by atoms with Crippen molar-refractivity contribution in [1.82, 2.24) is 25.5 Å². The molecule has 0 unspecified atom stereocenters. The van der Waals surface area contributed by atoms with Crippen molar-refractivity contribution in [3.05, 3.63) is 24.3 Å². The van der Waals surface area contributed by atoms with Crippen LogP contribution in [0.5, 0.6) is 0 Å². The van der Waals surface area contributed by atoms with Crippen molar-refractivity contribution < 1.29 is 9.53 Å². The average Bonchev–Trinajstić information content (AvgIpc) is 3.25. The highest BCUT2D eigenvalue weighted by Gasteiger charge is 2.16. The molecule has 1 atom stereocenters. The van der Waals surface area contributed by atoms with E-state index in [4.69, 9.17) is 4.74 Å². The van der Waals surface area contributed by atoms with Gasteiger partial charge in [0.15, 0.2) is 0 Å². The van der Waals surface area contributed by atoms with E-state index in [9.17, 15) is 4.79 Å². The highest BCUT2D eigenvalue weighted by atomic mass is 16.5. The minimum absolute atomic E-state index is 0.0511. The number of tetrazole rings is 1. The highest BCUT2D eigenvalue weighted by molar-refractivity contribution is 5.75. The Kier molecular flexibility index (Phi) is 5.05. The van der Waals surface area contributed by atoms with E-state index in [2.05, 4.69) is 20.7 Å². The summed E-state index contributed by atoms with van der Waals surface area (Å²) in [6.07, 6.45) is 2.18. The summed E-state index contributed by atoms with van der Waals surface area (Å²) in [5, 5.41) is 15.1. The Morgan fingerprint density at radius 1 is 1.38 bits per heavy atom. The molecular formula is C16H22N6O2. The van der Waals surface area contributed by atoms with Crippen molar-refractivity contribution in [2.75, 3.05) is 32.1 Å². The second-order valence-electron chi connectivity index (χ2n) is 6.02. The minimum atomic E-state index is -0.141. The smallest absolute Gasteiger partial charge is 0.243 e. The topological polar surface area (TPSA) is 85.2 Å². The number of aromatic nitrogens is 4. The number of anilines is 1. The van der Waals surface area contributed by atoms with Crippen LogP contribution in [-0.2, 0) is 16.1 Å². The van der Waals surface area contributed by atoms with Crippen LogP contribution in [0, 0.1) is 0 Å². The second-order valence-corrected chi connectivity index (χ2v) is 6.02. The number of hydrogen-bond donors (Lipinski definition) is 1. The van der Waals surface area contributed by atoms with Gasteiger partial charge in [0.2, 0.25) is 11.7 Å². The van der Waals surface area contributed by atoms with Gasteiger partial charge in [0.1, 0.15) is 6.54 Å². The first-order chi connectivity index (χ1) is 11.6. The second kappa shape index (κ2) is 7.39. The van der Waals surface area contributed by atoms with E-state index >= 15 is 0 Å². The Hall–Kier alpha value is -2.48. The number of carbonyl (C=O) groups is 1. The van der Waals surface area contributed by atoms with E-state index in [1.807, 2.05) is 43.3 Å². The third kappa shape index (κ3) is 4.08. The number of hydrogen-bond acceptors (Lipinski definition) is 6. The molecule has 1 aromatic heterocycles. The monoisotopic (exact) mass is 330 g/mol. The van der Waals surface area contributed by atoms with E-state index < -0.39 is 0 Å². The molecule has 0 saturated carbocycles. The van der Waals surface area contributed by atoms with Gasteiger partial charge in [-0.1, -0.05) is 0 Å². The Morgan fingerprint density at radius 2 is 2.17 bits per heavy atom. The highest BCUT2D eigenvalue weighted by Crippen LogP contribution is 2.18. The maximum absolute atomic E-state index is 11.9. The van der Waals surface area contributed by atoms with Gasteiger partial charge in [-0.15, -0.1) is 10.2 Å². The van der Waals surface area contributed by atoms with E-state index in [1.165, 1.54) is 4.80 Å². The molecule has 8 heteroatoms. The van der Waals surface area contributed by atoms with Crippen LogP contribution in [0.4, 0.5) is 5.69 Å². The zero-order valence-corrected chi connectivity index (χ0v) is 14.0. The number of benzene rings is 1. The minimum Gasteiger partial charge on any atom is -0.378 e. The van der Waals surface area contributed by atoms with Crippen LogP contribution in [0.2, 0.25) is 0 Å². The van der Waals surface area contributed by atoms with Gasteiger partial charge < -0.3 is 15.0 Å². The van der Waals surface area contributed by atoms with Gasteiger partial charge in [-0.3, -0.25) is 4.79 Å². The molecule has 1 aliphatic rings. The van der Waals surface area contributed by atoms with Crippen LogP contribution >= 0.6 is 0 Å². The van der Waals surface area contributed by atoms with Crippen molar-refractivity contribution in [3.8, 4) is 11.4 Å². The summed E-state index contributed by atoms with van der Waals surface area (Å²) in [7, 11) is 3.97. The largest absolute Gasteiger partial charge is 0.378 e. The van der Waals surface area contributed by atoms with Gasteiger partial charge in [0, 0.05) is 38.5 Å². The Bertz CT molecular complexity index is 676. The van der Waals surface area contributed by atoms with Crippen molar-refractivity contribution in [1.29, 1.82) is 0 Å². The van der Waals surface area contributed by atoms with E-state index in [-0.39, 0.29) is 18.6 Å². The summed E-state index contributed by atoms with van der Waals surface area (Å²) < 4.78 is 5.47. The van der Waals surface area contributed by atoms with Crippen molar-refractivity contribution >= 4 is 11.6 Å². The number of nitrogens with one attached hydrogen (secondary N) is 1. The molecule has 8 nitrogen and oxygen atoms in total. The average molecular weight is 330 g/mol. The summed E-state index contributed by atoms with van der Waals surface area (Å²) in [5.74, 6) is 0.365. The van der Waals surface area contributed by atoms with Gasteiger partial charge in [-0.2, -0.15) is 4.80 Å². The fourth-order valence-electron chi connectivity index (χ4n) is 2.55. The van der Waals surface area contributed by atoms with Crippen LogP contribution in [0.25, 0.3) is 11.4 Å². The predicted octanol–water partition coefficient (Wildman–Crippen LogP) is 0.701. The first-order valence-electron chi connectivity index (χ1n) is 8.05. The number of amides is 1. The van der Waals surface area contributed by atoms with Crippen molar-refractivity contribution in [2.45, 2.75) is 25.5 Å². The summed E-state index contributed by atoms with van der Waals surface area (Å²) in [5.41, 5.74) is 1.96. The van der Waals surface area contributed by atoms with Gasteiger partial charge in [-0.05, 0) is 42.3 Å². The van der Waals surface area contributed by atoms with Crippen molar-refractivity contribution in [2.24, 2.45) is 0 Å². The fraction of sp³-hybridized carbons (Fsp3) is 0.500. The van der Waals surface area contributed by atoms with Gasteiger partial charge in [0.05, 0.1) is 6.10 Å². The lowest BCUT2D eigenvalue weighted by atomic mass is 10.2. The maximum Gasteiger partial charge on any atom is 0.243 e. The summed E-state index contributed by atoms with van der Waals surface area (Å²) >= 11 is 0. The normalized spacial score (nSPS) is 17.0. The number of carbonyl (C=O) groups excluding carboxylic acids is 1. The van der Waals surface area contributed by atoms with Crippen LogP contribution < -0.4 is 10.2 Å². The third-order valence-corrected chi connectivity index (χ3v) is 3.93. The van der Waals surface area contributed by atoms with Gasteiger partial charge in [0.25, 0.3) is 0 Å². The Morgan fingerprint density at radius 3 is 2.83 bits per heavy atom. The van der Waals surface area contributed by atoms with E-state index in [0.29, 0.717) is 12.4 Å². The van der Waals surface area contributed by atoms with Crippen LogP contribution in [0.3, 0.4) is 0 Å². The molecule has 0 aliphatic carbocycles. The SMILES string of the molecule is CN(C)c1ccc(-c2nnn(CC(=O)NC[C@@H]3CCCO3)n2)cc1.